The summed E-state index contributed by atoms with van der Waals surface area (Å²) in [5, 5.41) is 11.2. The lowest BCUT2D eigenvalue weighted by atomic mass is 10.2. The highest BCUT2D eigenvalue weighted by molar-refractivity contribution is 8.00. The van der Waals surface area contributed by atoms with Gasteiger partial charge in [0.2, 0.25) is 5.01 Å². The summed E-state index contributed by atoms with van der Waals surface area (Å²) in [6.45, 7) is 0. The van der Waals surface area contributed by atoms with Crippen molar-refractivity contribution in [3.8, 4) is 0 Å². The summed E-state index contributed by atoms with van der Waals surface area (Å²) < 4.78 is 0.794. The molecule has 4 nitrogen and oxygen atoms in total. The third-order valence-corrected chi connectivity index (χ3v) is 4.96. The van der Waals surface area contributed by atoms with Crippen molar-refractivity contribution in [3.05, 3.63) is 71.2 Å². The third kappa shape index (κ3) is 3.93. The van der Waals surface area contributed by atoms with Crippen LogP contribution in [0.3, 0.4) is 0 Å². The maximum Gasteiger partial charge on any atom is 0.286 e. The Hall–Kier alpha value is -2.18. The number of benzene rings is 2. The molecule has 6 heteroatoms. The molecule has 0 spiro atoms. The van der Waals surface area contributed by atoms with Crippen molar-refractivity contribution >= 4 is 34.7 Å². The number of carbonyl (C=O) groups is 1. The summed E-state index contributed by atoms with van der Waals surface area (Å²) in [5.41, 5.74) is 1.97. The van der Waals surface area contributed by atoms with Crippen molar-refractivity contribution in [1.29, 1.82) is 0 Å². The Bertz CT molecular complexity index is 744. The molecule has 0 aliphatic heterocycles. The molecule has 0 radical (unpaired) electrons. The summed E-state index contributed by atoms with van der Waals surface area (Å²) in [4.78, 5) is 12.1. The van der Waals surface area contributed by atoms with Gasteiger partial charge in [0.15, 0.2) is 4.34 Å². The van der Waals surface area contributed by atoms with Crippen molar-refractivity contribution in [1.82, 2.24) is 10.2 Å². The number of aromatic nitrogens is 2. The van der Waals surface area contributed by atoms with Gasteiger partial charge in [-0.1, -0.05) is 71.6 Å². The predicted molar refractivity (Wildman–Crippen MR) is 90.3 cm³/mol. The SMILES string of the molecule is O=C(Nc1ccccc1)c1nnc(SCc2ccccc2)s1. The minimum atomic E-state index is -0.227. The third-order valence-electron chi connectivity index (χ3n) is 2.84. The Morgan fingerprint density at radius 3 is 2.41 bits per heavy atom. The molecular weight excluding hydrogens is 314 g/mol. The second-order valence-corrected chi connectivity index (χ2v) is 6.67. The van der Waals surface area contributed by atoms with Gasteiger partial charge in [-0.3, -0.25) is 4.79 Å². The number of carbonyl (C=O) groups excluding carboxylic acids is 1. The molecule has 1 heterocycles. The molecule has 0 unspecified atom stereocenters. The van der Waals surface area contributed by atoms with Gasteiger partial charge in [0.1, 0.15) is 0 Å². The van der Waals surface area contributed by atoms with Gasteiger partial charge >= 0.3 is 0 Å². The van der Waals surface area contributed by atoms with Crippen molar-refractivity contribution < 1.29 is 4.79 Å². The van der Waals surface area contributed by atoms with Gasteiger partial charge in [-0.15, -0.1) is 10.2 Å². The van der Waals surface area contributed by atoms with Gasteiger partial charge in [0, 0.05) is 11.4 Å². The molecule has 3 aromatic rings. The van der Waals surface area contributed by atoms with Crippen LogP contribution in [0.25, 0.3) is 0 Å². The van der Waals surface area contributed by atoms with E-state index >= 15 is 0 Å². The van der Waals surface area contributed by atoms with Gasteiger partial charge in [-0.25, -0.2) is 0 Å². The Balaban J connectivity index is 1.60. The summed E-state index contributed by atoms with van der Waals surface area (Å²) in [6, 6.07) is 19.5. The number of amides is 1. The van der Waals surface area contributed by atoms with E-state index in [9.17, 15) is 4.79 Å². The maximum atomic E-state index is 12.1. The van der Waals surface area contributed by atoms with Crippen LogP contribution in [0.15, 0.2) is 65.0 Å². The molecule has 0 saturated carbocycles. The van der Waals surface area contributed by atoms with Gasteiger partial charge in [-0.2, -0.15) is 0 Å². The number of thioether (sulfide) groups is 1. The molecule has 0 fully saturated rings. The molecule has 1 N–H and O–H groups in total. The second-order valence-electron chi connectivity index (χ2n) is 4.47. The molecule has 3 rings (SSSR count). The fourth-order valence-corrected chi connectivity index (χ4v) is 3.49. The predicted octanol–water partition coefficient (Wildman–Crippen LogP) is 4.08. The van der Waals surface area contributed by atoms with E-state index in [0.29, 0.717) is 5.01 Å². The molecule has 0 saturated heterocycles. The quantitative estimate of drug-likeness (QED) is 0.717. The van der Waals surface area contributed by atoms with Crippen LogP contribution in [0, 0.1) is 0 Å². The average molecular weight is 327 g/mol. The summed E-state index contributed by atoms with van der Waals surface area (Å²) >= 11 is 2.89. The Kier molecular flexibility index (Phi) is 4.82. The molecule has 0 aliphatic rings. The van der Waals surface area contributed by atoms with Crippen molar-refractivity contribution in [2.45, 2.75) is 10.1 Å². The lowest BCUT2D eigenvalue weighted by molar-refractivity contribution is 0.102. The highest BCUT2D eigenvalue weighted by Gasteiger charge is 2.13. The topological polar surface area (TPSA) is 54.9 Å². The van der Waals surface area contributed by atoms with Crippen LogP contribution < -0.4 is 5.32 Å². The molecule has 2 aromatic carbocycles. The first-order valence-corrected chi connectivity index (χ1v) is 8.48. The van der Waals surface area contributed by atoms with E-state index < -0.39 is 0 Å². The Morgan fingerprint density at radius 1 is 1.00 bits per heavy atom. The van der Waals surface area contributed by atoms with Gasteiger partial charge in [-0.05, 0) is 17.7 Å². The molecule has 0 aliphatic carbocycles. The number of nitrogens with one attached hydrogen (secondary N) is 1. The summed E-state index contributed by atoms with van der Waals surface area (Å²) in [6.07, 6.45) is 0. The smallest absolute Gasteiger partial charge is 0.286 e. The second kappa shape index (κ2) is 7.20. The van der Waals surface area contributed by atoms with Gasteiger partial charge in [0.25, 0.3) is 5.91 Å². The minimum absolute atomic E-state index is 0.227. The van der Waals surface area contributed by atoms with Crippen molar-refractivity contribution in [2.24, 2.45) is 0 Å². The van der Waals surface area contributed by atoms with E-state index in [1.807, 2.05) is 48.5 Å². The van der Waals surface area contributed by atoms with E-state index in [-0.39, 0.29) is 5.91 Å². The molecule has 1 amide bonds. The molecular formula is C16H13N3OS2. The Morgan fingerprint density at radius 2 is 1.68 bits per heavy atom. The Labute approximate surface area is 136 Å². The number of anilines is 1. The first-order chi connectivity index (χ1) is 10.8. The normalized spacial score (nSPS) is 10.4. The standard InChI is InChI=1S/C16H13N3OS2/c20-14(17-13-9-5-2-6-10-13)15-18-19-16(22-15)21-11-12-7-3-1-4-8-12/h1-10H,11H2,(H,17,20). The highest BCUT2D eigenvalue weighted by Crippen LogP contribution is 2.26. The summed E-state index contributed by atoms with van der Waals surface area (Å²) in [7, 11) is 0. The fraction of sp³-hybridized carbons (Fsp3) is 0.0625. The van der Waals surface area contributed by atoms with E-state index in [4.69, 9.17) is 0 Å². The molecule has 0 atom stereocenters. The van der Waals surface area contributed by atoms with E-state index in [2.05, 4.69) is 27.6 Å². The van der Waals surface area contributed by atoms with Crippen molar-refractivity contribution in [3.63, 3.8) is 0 Å². The fourth-order valence-electron chi connectivity index (χ4n) is 1.79. The number of hydrogen-bond donors (Lipinski definition) is 1. The number of rotatable bonds is 5. The lowest BCUT2D eigenvalue weighted by Gasteiger charge is -2.00. The average Bonchev–Trinajstić information content (AvgIpc) is 3.04. The lowest BCUT2D eigenvalue weighted by Crippen LogP contribution is -2.11. The number of para-hydroxylation sites is 1. The zero-order chi connectivity index (χ0) is 15.2. The molecule has 0 bridgehead atoms. The largest absolute Gasteiger partial charge is 0.320 e. The van der Waals surface area contributed by atoms with E-state index in [1.165, 1.54) is 16.9 Å². The van der Waals surface area contributed by atoms with Crippen molar-refractivity contribution in [2.75, 3.05) is 5.32 Å². The number of nitrogens with zero attached hydrogens (tertiary/aromatic N) is 2. The number of hydrogen-bond acceptors (Lipinski definition) is 5. The molecule has 1 aromatic heterocycles. The molecule has 110 valence electrons. The minimum Gasteiger partial charge on any atom is -0.320 e. The van der Waals surface area contributed by atoms with Crippen LogP contribution in [-0.4, -0.2) is 16.1 Å². The van der Waals surface area contributed by atoms with Gasteiger partial charge < -0.3 is 5.32 Å². The first-order valence-electron chi connectivity index (χ1n) is 6.68. The maximum absolute atomic E-state index is 12.1. The van der Waals surface area contributed by atoms with Crippen LogP contribution in [0.5, 0.6) is 0 Å². The summed E-state index contributed by atoms with van der Waals surface area (Å²) in [5.74, 6) is 0.589. The van der Waals surface area contributed by atoms with Crippen LogP contribution in [0.1, 0.15) is 15.4 Å². The van der Waals surface area contributed by atoms with E-state index in [0.717, 1.165) is 15.8 Å². The van der Waals surface area contributed by atoms with E-state index in [1.54, 1.807) is 11.8 Å². The highest BCUT2D eigenvalue weighted by atomic mass is 32.2. The molecule has 22 heavy (non-hydrogen) atoms. The first kappa shape index (κ1) is 14.7. The zero-order valence-electron chi connectivity index (χ0n) is 11.6. The van der Waals surface area contributed by atoms with Crippen LogP contribution in [-0.2, 0) is 5.75 Å². The van der Waals surface area contributed by atoms with Crippen LogP contribution >= 0.6 is 23.1 Å². The van der Waals surface area contributed by atoms with Crippen LogP contribution in [0.2, 0.25) is 0 Å². The van der Waals surface area contributed by atoms with Gasteiger partial charge in [0.05, 0.1) is 0 Å². The van der Waals surface area contributed by atoms with Crippen LogP contribution in [0.4, 0.5) is 5.69 Å². The zero-order valence-corrected chi connectivity index (χ0v) is 13.2. The monoisotopic (exact) mass is 327 g/mol.